The van der Waals surface area contributed by atoms with Gasteiger partial charge in [-0.2, -0.15) is 11.8 Å². The molecule has 1 aromatic carbocycles. The van der Waals surface area contributed by atoms with Crippen molar-refractivity contribution in [3.63, 3.8) is 0 Å². The third-order valence-corrected chi connectivity index (χ3v) is 4.65. The SMILES string of the molecule is COc1ccc(-c2nc(C)nc(N3CCSCC3)c2N)cc1. The molecule has 0 saturated carbocycles. The van der Waals surface area contributed by atoms with Crippen molar-refractivity contribution in [2.45, 2.75) is 6.92 Å². The Morgan fingerprint density at radius 2 is 1.82 bits per heavy atom. The molecule has 1 aromatic heterocycles. The molecule has 0 atom stereocenters. The number of thioether (sulfide) groups is 1. The third-order valence-electron chi connectivity index (χ3n) is 3.71. The molecule has 0 amide bonds. The van der Waals surface area contributed by atoms with Crippen molar-refractivity contribution in [3.8, 4) is 17.0 Å². The Labute approximate surface area is 134 Å². The molecule has 2 aromatic rings. The topological polar surface area (TPSA) is 64.3 Å². The zero-order valence-electron chi connectivity index (χ0n) is 12.9. The van der Waals surface area contributed by atoms with E-state index in [-0.39, 0.29) is 0 Å². The van der Waals surface area contributed by atoms with E-state index in [4.69, 9.17) is 10.5 Å². The number of methoxy groups -OCH3 is 1. The van der Waals surface area contributed by atoms with Crippen molar-refractivity contribution in [3.05, 3.63) is 30.1 Å². The van der Waals surface area contributed by atoms with Crippen LogP contribution in [0.25, 0.3) is 11.3 Å². The van der Waals surface area contributed by atoms with Crippen molar-refractivity contribution in [1.29, 1.82) is 0 Å². The van der Waals surface area contributed by atoms with Gasteiger partial charge in [-0.15, -0.1) is 0 Å². The molecule has 1 aliphatic rings. The van der Waals surface area contributed by atoms with Crippen LogP contribution < -0.4 is 15.4 Å². The van der Waals surface area contributed by atoms with Crippen molar-refractivity contribution in [2.24, 2.45) is 0 Å². The lowest BCUT2D eigenvalue weighted by Crippen LogP contribution is -2.34. The van der Waals surface area contributed by atoms with E-state index in [1.807, 2.05) is 43.0 Å². The molecule has 5 nitrogen and oxygen atoms in total. The lowest BCUT2D eigenvalue weighted by atomic mass is 10.1. The van der Waals surface area contributed by atoms with E-state index in [0.29, 0.717) is 5.69 Å². The van der Waals surface area contributed by atoms with E-state index in [2.05, 4.69) is 14.9 Å². The number of hydrogen-bond acceptors (Lipinski definition) is 6. The van der Waals surface area contributed by atoms with Gasteiger partial charge >= 0.3 is 0 Å². The van der Waals surface area contributed by atoms with Gasteiger partial charge in [0.15, 0.2) is 5.82 Å². The summed E-state index contributed by atoms with van der Waals surface area (Å²) in [4.78, 5) is 11.4. The fourth-order valence-electron chi connectivity index (χ4n) is 2.55. The van der Waals surface area contributed by atoms with E-state index in [0.717, 1.165) is 53.2 Å². The van der Waals surface area contributed by atoms with Gasteiger partial charge in [0, 0.05) is 30.2 Å². The average molecular weight is 316 g/mol. The molecule has 22 heavy (non-hydrogen) atoms. The van der Waals surface area contributed by atoms with Gasteiger partial charge in [0.2, 0.25) is 0 Å². The number of anilines is 2. The normalized spacial score (nSPS) is 14.9. The van der Waals surface area contributed by atoms with E-state index in [1.165, 1.54) is 0 Å². The molecule has 1 saturated heterocycles. The Balaban J connectivity index is 2.01. The molecule has 2 N–H and O–H groups in total. The lowest BCUT2D eigenvalue weighted by Gasteiger charge is -2.29. The van der Waals surface area contributed by atoms with Gasteiger partial charge in [-0.05, 0) is 31.2 Å². The highest BCUT2D eigenvalue weighted by atomic mass is 32.2. The molecule has 1 aliphatic heterocycles. The first kappa shape index (κ1) is 15.0. The van der Waals surface area contributed by atoms with Gasteiger partial charge in [-0.3, -0.25) is 0 Å². The molecule has 3 rings (SSSR count). The van der Waals surface area contributed by atoms with Crippen LogP contribution in [0.5, 0.6) is 5.75 Å². The van der Waals surface area contributed by atoms with Crippen LogP contribution in [-0.4, -0.2) is 41.7 Å². The zero-order valence-corrected chi connectivity index (χ0v) is 13.7. The summed E-state index contributed by atoms with van der Waals surface area (Å²) < 4.78 is 5.20. The first-order chi connectivity index (χ1) is 10.7. The summed E-state index contributed by atoms with van der Waals surface area (Å²) in [6.45, 7) is 3.87. The zero-order chi connectivity index (χ0) is 15.5. The number of ether oxygens (including phenoxy) is 1. The van der Waals surface area contributed by atoms with Gasteiger partial charge in [0.25, 0.3) is 0 Å². The summed E-state index contributed by atoms with van der Waals surface area (Å²) in [6.07, 6.45) is 0. The highest BCUT2D eigenvalue weighted by Crippen LogP contribution is 2.32. The van der Waals surface area contributed by atoms with Crippen molar-refractivity contribution < 1.29 is 4.74 Å². The molecule has 0 bridgehead atoms. The molecule has 2 heterocycles. The summed E-state index contributed by atoms with van der Waals surface area (Å²) in [5, 5.41) is 0. The van der Waals surface area contributed by atoms with Crippen molar-refractivity contribution >= 4 is 23.3 Å². The van der Waals surface area contributed by atoms with E-state index >= 15 is 0 Å². The number of aromatic nitrogens is 2. The Kier molecular flexibility index (Phi) is 4.38. The number of rotatable bonds is 3. The second-order valence-corrected chi connectivity index (χ2v) is 6.41. The Morgan fingerprint density at radius 1 is 1.14 bits per heavy atom. The van der Waals surface area contributed by atoms with Gasteiger partial charge in [-0.1, -0.05) is 0 Å². The minimum absolute atomic E-state index is 0.655. The molecule has 6 heteroatoms. The van der Waals surface area contributed by atoms with Crippen LogP contribution in [0.4, 0.5) is 11.5 Å². The van der Waals surface area contributed by atoms with Gasteiger partial charge in [-0.25, -0.2) is 9.97 Å². The summed E-state index contributed by atoms with van der Waals surface area (Å²) in [5.41, 5.74) is 8.81. The first-order valence-electron chi connectivity index (χ1n) is 7.30. The fraction of sp³-hybridized carbons (Fsp3) is 0.375. The van der Waals surface area contributed by atoms with Crippen LogP contribution >= 0.6 is 11.8 Å². The summed E-state index contributed by atoms with van der Waals surface area (Å²) >= 11 is 1.97. The molecule has 0 aliphatic carbocycles. The highest BCUT2D eigenvalue weighted by Gasteiger charge is 2.19. The van der Waals surface area contributed by atoms with E-state index in [1.54, 1.807) is 7.11 Å². The number of nitrogens with zero attached hydrogens (tertiary/aromatic N) is 3. The Morgan fingerprint density at radius 3 is 2.45 bits per heavy atom. The number of nitrogen functional groups attached to an aromatic ring is 1. The maximum atomic E-state index is 6.38. The number of hydrogen-bond donors (Lipinski definition) is 1. The molecule has 1 fully saturated rings. The number of benzene rings is 1. The van der Waals surface area contributed by atoms with Crippen molar-refractivity contribution in [2.75, 3.05) is 42.3 Å². The minimum atomic E-state index is 0.655. The van der Waals surface area contributed by atoms with Gasteiger partial charge in [0.1, 0.15) is 17.3 Å². The van der Waals surface area contributed by atoms with Crippen LogP contribution in [0.15, 0.2) is 24.3 Å². The summed E-state index contributed by atoms with van der Waals surface area (Å²) in [6, 6.07) is 7.80. The smallest absolute Gasteiger partial charge is 0.156 e. The minimum Gasteiger partial charge on any atom is -0.497 e. The third kappa shape index (κ3) is 2.97. The monoisotopic (exact) mass is 316 g/mol. The largest absolute Gasteiger partial charge is 0.497 e. The Hall–Kier alpha value is -1.95. The van der Waals surface area contributed by atoms with Crippen LogP contribution in [-0.2, 0) is 0 Å². The number of nitrogens with two attached hydrogens (primary N) is 1. The molecule has 0 radical (unpaired) electrons. The van der Waals surface area contributed by atoms with Crippen LogP contribution in [0.1, 0.15) is 5.82 Å². The molecular formula is C16H20N4OS. The molecule has 116 valence electrons. The summed E-state index contributed by atoms with van der Waals surface area (Å²) in [7, 11) is 1.66. The molecular weight excluding hydrogens is 296 g/mol. The van der Waals surface area contributed by atoms with Gasteiger partial charge in [0.05, 0.1) is 12.8 Å². The molecule has 0 unspecified atom stereocenters. The maximum Gasteiger partial charge on any atom is 0.156 e. The van der Waals surface area contributed by atoms with Crippen LogP contribution in [0.3, 0.4) is 0 Å². The van der Waals surface area contributed by atoms with Crippen LogP contribution in [0.2, 0.25) is 0 Å². The maximum absolute atomic E-state index is 6.38. The van der Waals surface area contributed by atoms with Crippen LogP contribution in [0, 0.1) is 6.92 Å². The van der Waals surface area contributed by atoms with E-state index < -0.39 is 0 Å². The van der Waals surface area contributed by atoms with E-state index in [9.17, 15) is 0 Å². The second kappa shape index (κ2) is 6.44. The summed E-state index contributed by atoms with van der Waals surface area (Å²) in [5.74, 6) is 4.65. The predicted octanol–water partition coefficient (Wildman–Crippen LogP) is 2.60. The van der Waals surface area contributed by atoms with Crippen molar-refractivity contribution in [1.82, 2.24) is 9.97 Å². The molecule has 0 spiro atoms. The first-order valence-corrected chi connectivity index (χ1v) is 8.45. The Bertz CT molecular complexity index is 654. The fourth-order valence-corrected chi connectivity index (χ4v) is 3.45. The second-order valence-electron chi connectivity index (χ2n) is 5.18. The average Bonchev–Trinajstić information content (AvgIpc) is 2.57. The highest BCUT2D eigenvalue weighted by molar-refractivity contribution is 7.99. The lowest BCUT2D eigenvalue weighted by molar-refractivity contribution is 0.415. The number of aryl methyl sites for hydroxylation is 1. The predicted molar refractivity (Wildman–Crippen MR) is 92.7 cm³/mol. The standard InChI is InChI=1S/C16H20N4OS/c1-11-18-15(12-3-5-13(21-2)6-4-12)14(17)16(19-11)20-7-9-22-10-8-20/h3-6H,7-10,17H2,1-2H3. The quantitative estimate of drug-likeness (QED) is 0.939. The van der Waals surface area contributed by atoms with Gasteiger partial charge < -0.3 is 15.4 Å².